The average molecular weight is 298 g/mol. The minimum Gasteiger partial charge on any atom is -0.480 e. The molecule has 0 radical (unpaired) electrons. The van der Waals surface area contributed by atoms with Gasteiger partial charge >= 0.3 is 12.0 Å². The molecule has 5 heteroatoms. The maximum atomic E-state index is 12.4. The molecule has 0 heterocycles. The van der Waals surface area contributed by atoms with Gasteiger partial charge in [0.15, 0.2) is 0 Å². The van der Waals surface area contributed by atoms with E-state index in [1.54, 1.807) is 24.3 Å². The quantitative estimate of drug-likeness (QED) is 0.891. The minimum atomic E-state index is -1.06. The third kappa shape index (κ3) is 4.09. The highest BCUT2D eigenvalue weighted by Crippen LogP contribution is 2.16. The van der Waals surface area contributed by atoms with Crippen molar-refractivity contribution in [2.24, 2.45) is 0 Å². The van der Waals surface area contributed by atoms with Gasteiger partial charge in [0.1, 0.15) is 6.54 Å². The molecule has 2 N–H and O–H groups in total. The lowest BCUT2D eigenvalue weighted by Crippen LogP contribution is -2.43. The molecule has 0 bridgehead atoms. The van der Waals surface area contributed by atoms with E-state index in [1.807, 2.05) is 43.3 Å². The second kappa shape index (κ2) is 7.26. The van der Waals surface area contributed by atoms with Crippen molar-refractivity contribution in [1.29, 1.82) is 0 Å². The Kier molecular flexibility index (Phi) is 5.14. The number of carbonyl (C=O) groups excluding carboxylic acids is 1. The fourth-order valence-corrected chi connectivity index (χ4v) is 2.11. The van der Waals surface area contributed by atoms with Crippen LogP contribution in [0.3, 0.4) is 0 Å². The van der Waals surface area contributed by atoms with E-state index in [0.717, 1.165) is 5.56 Å². The van der Waals surface area contributed by atoms with Gasteiger partial charge in [-0.3, -0.25) is 9.69 Å². The van der Waals surface area contributed by atoms with Crippen LogP contribution in [0.5, 0.6) is 0 Å². The number of hydrogen-bond acceptors (Lipinski definition) is 2. The maximum Gasteiger partial charge on any atom is 0.323 e. The van der Waals surface area contributed by atoms with Crippen molar-refractivity contribution in [3.8, 4) is 0 Å². The first-order valence-corrected chi connectivity index (χ1v) is 6.97. The Morgan fingerprint density at radius 1 is 1.05 bits per heavy atom. The molecule has 5 nitrogen and oxygen atoms in total. The van der Waals surface area contributed by atoms with E-state index < -0.39 is 18.5 Å². The Hall–Kier alpha value is -2.82. The number of urea groups is 1. The molecular formula is C17H18N2O3. The van der Waals surface area contributed by atoms with Crippen LogP contribution in [0.1, 0.15) is 18.5 Å². The van der Waals surface area contributed by atoms with Crippen molar-refractivity contribution >= 4 is 17.7 Å². The number of carbonyl (C=O) groups is 2. The molecule has 0 fully saturated rings. The third-order valence-corrected chi connectivity index (χ3v) is 3.25. The highest BCUT2D eigenvalue weighted by atomic mass is 16.4. The van der Waals surface area contributed by atoms with E-state index in [2.05, 4.69) is 5.32 Å². The third-order valence-electron chi connectivity index (χ3n) is 3.25. The van der Waals surface area contributed by atoms with Gasteiger partial charge in [0.25, 0.3) is 0 Å². The van der Waals surface area contributed by atoms with Crippen LogP contribution in [0.15, 0.2) is 60.7 Å². The molecule has 0 saturated heterocycles. The summed E-state index contributed by atoms with van der Waals surface area (Å²) in [4.78, 5) is 24.6. The fourth-order valence-electron chi connectivity index (χ4n) is 2.11. The highest BCUT2D eigenvalue weighted by Gasteiger charge is 2.20. The number of anilines is 1. The van der Waals surface area contributed by atoms with Gasteiger partial charge in [-0.1, -0.05) is 48.5 Å². The Balaban J connectivity index is 2.14. The molecule has 0 unspecified atom stereocenters. The lowest BCUT2D eigenvalue weighted by molar-refractivity contribution is -0.135. The summed E-state index contributed by atoms with van der Waals surface area (Å²) in [5, 5.41) is 11.8. The SMILES string of the molecule is C[C@@H](NC(=O)N(CC(=O)O)c1ccccc1)c1ccccc1. The largest absolute Gasteiger partial charge is 0.480 e. The molecule has 22 heavy (non-hydrogen) atoms. The Bertz CT molecular complexity index is 629. The van der Waals surface area contributed by atoms with E-state index in [4.69, 9.17) is 5.11 Å². The molecule has 0 saturated carbocycles. The summed E-state index contributed by atoms with van der Waals surface area (Å²) in [6, 6.07) is 17.6. The molecule has 1 atom stereocenters. The Labute approximate surface area is 129 Å². The molecule has 2 rings (SSSR count). The van der Waals surface area contributed by atoms with Gasteiger partial charge in [0.2, 0.25) is 0 Å². The zero-order chi connectivity index (χ0) is 15.9. The molecule has 2 amide bonds. The van der Waals surface area contributed by atoms with E-state index in [-0.39, 0.29) is 6.04 Å². The van der Waals surface area contributed by atoms with Gasteiger partial charge in [0, 0.05) is 5.69 Å². The Morgan fingerprint density at radius 2 is 1.59 bits per heavy atom. The predicted octanol–water partition coefficient (Wildman–Crippen LogP) is 3.05. The lowest BCUT2D eigenvalue weighted by atomic mass is 10.1. The number of benzene rings is 2. The summed E-state index contributed by atoms with van der Waals surface area (Å²) >= 11 is 0. The number of rotatable bonds is 5. The number of nitrogens with zero attached hydrogens (tertiary/aromatic N) is 1. The van der Waals surface area contributed by atoms with Gasteiger partial charge < -0.3 is 10.4 Å². The van der Waals surface area contributed by atoms with Crippen molar-refractivity contribution in [2.45, 2.75) is 13.0 Å². The fraction of sp³-hybridized carbons (Fsp3) is 0.176. The number of para-hydroxylation sites is 1. The zero-order valence-corrected chi connectivity index (χ0v) is 12.3. The molecule has 2 aromatic rings. The summed E-state index contributed by atoms with van der Waals surface area (Å²) in [7, 11) is 0. The number of amides is 2. The highest BCUT2D eigenvalue weighted by molar-refractivity contribution is 5.96. The van der Waals surface area contributed by atoms with Gasteiger partial charge in [-0.2, -0.15) is 0 Å². The van der Waals surface area contributed by atoms with Crippen LogP contribution in [-0.2, 0) is 4.79 Å². The zero-order valence-electron chi connectivity index (χ0n) is 12.3. The monoisotopic (exact) mass is 298 g/mol. The van der Waals surface area contributed by atoms with Gasteiger partial charge in [-0.05, 0) is 24.6 Å². The summed E-state index contributed by atoms with van der Waals surface area (Å²) in [6.45, 7) is 1.47. The summed E-state index contributed by atoms with van der Waals surface area (Å²) in [6.07, 6.45) is 0. The van der Waals surface area contributed by atoms with Crippen LogP contribution in [0, 0.1) is 0 Å². The topological polar surface area (TPSA) is 69.6 Å². The van der Waals surface area contributed by atoms with Crippen LogP contribution >= 0.6 is 0 Å². The van der Waals surface area contributed by atoms with Crippen molar-refractivity contribution in [1.82, 2.24) is 5.32 Å². The molecule has 2 aromatic carbocycles. The van der Waals surface area contributed by atoms with Crippen molar-refractivity contribution in [2.75, 3.05) is 11.4 Å². The molecule has 0 aliphatic rings. The maximum absolute atomic E-state index is 12.4. The van der Waals surface area contributed by atoms with Gasteiger partial charge in [0.05, 0.1) is 6.04 Å². The summed E-state index contributed by atoms with van der Waals surface area (Å²) in [5.41, 5.74) is 1.50. The molecular weight excluding hydrogens is 280 g/mol. The van der Waals surface area contributed by atoms with Crippen LogP contribution in [0.2, 0.25) is 0 Å². The molecule has 0 aliphatic carbocycles. The summed E-state index contributed by atoms with van der Waals surface area (Å²) < 4.78 is 0. The number of carboxylic acid groups (broad SMARTS) is 1. The molecule has 0 aliphatic heterocycles. The van der Waals surface area contributed by atoms with E-state index in [0.29, 0.717) is 5.69 Å². The average Bonchev–Trinajstić information content (AvgIpc) is 2.54. The minimum absolute atomic E-state index is 0.214. The van der Waals surface area contributed by atoms with Gasteiger partial charge in [-0.15, -0.1) is 0 Å². The molecule has 0 aromatic heterocycles. The second-order valence-electron chi connectivity index (χ2n) is 4.90. The smallest absolute Gasteiger partial charge is 0.323 e. The number of hydrogen-bond donors (Lipinski definition) is 2. The first-order valence-electron chi connectivity index (χ1n) is 6.97. The first kappa shape index (κ1) is 15.6. The van der Waals surface area contributed by atoms with Crippen molar-refractivity contribution < 1.29 is 14.7 Å². The van der Waals surface area contributed by atoms with Crippen LogP contribution in [0.25, 0.3) is 0 Å². The van der Waals surface area contributed by atoms with Crippen LogP contribution in [-0.4, -0.2) is 23.7 Å². The van der Waals surface area contributed by atoms with Gasteiger partial charge in [-0.25, -0.2) is 4.79 Å². The number of carboxylic acids is 1. The second-order valence-corrected chi connectivity index (χ2v) is 4.90. The molecule has 0 spiro atoms. The van der Waals surface area contributed by atoms with Crippen molar-refractivity contribution in [3.05, 3.63) is 66.2 Å². The predicted molar refractivity (Wildman–Crippen MR) is 84.8 cm³/mol. The number of nitrogens with one attached hydrogen (secondary N) is 1. The number of aliphatic carboxylic acids is 1. The molecule has 114 valence electrons. The van der Waals surface area contributed by atoms with E-state index >= 15 is 0 Å². The normalized spacial score (nSPS) is 11.5. The van der Waals surface area contributed by atoms with E-state index in [9.17, 15) is 9.59 Å². The van der Waals surface area contributed by atoms with Crippen LogP contribution < -0.4 is 10.2 Å². The standard InChI is InChI=1S/C17H18N2O3/c1-13(14-8-4-2-5-9-14)18-17(22)19(12-16(20)21)15-10-6-3-7-11-15/h2-11,13H,12H2,1H3,(H,18,22)(H,20,21)/t13-/m1/s1. The van der Waals surface area contributed by atoms with Crippen molar-refractivity contribution in [3.63, 3.8) is 0 Å². The Morgan fingerprint density at radius 3 is 2.14 bits per heavy atom. The van der Waals surface area contributed by atoms with E-state index in [1.165, 1.54) is 4.90 Å². The lowest BCUT2D eigenvalue weighted by Gasteiger charge is -2.24. The first-order chi connectivity index (χ1) is 10.6. The summed E-state index contributed by atoms with van der Waals surface area (Å²) in [5.74, 6) is -1.06. The van der Waals surface area contributed by atoms with Crippen LogP contribution in [0.4, 0.5) is 10.5 Å².